The summed E-state index contributed by atoms with van der Waals surface area (Å²) in [6, 6.07) is 12.5. The normalized spacial score (nSPS) is 20.1. The number of nitrogens with one attached hydrogen (secondary N) is 1. The number of carbonyl (C=O) groups is 1. The lowest BCUT2D eigenvalue weighted by Crippen LogP contribution is -2.48. The predicted octanol–water partition coefficient (Wildman–Crippen LogP) is 4.51. The molecule has 1 amide bonds. The van der Waals surface area contributed by atoms with Gasteiger partial charge >= 0.3 is 0 Å². The maximum absolute atomic E-state index is 12.8. The molecule has 1 aliphatic heterocycles. The Kier molecular flexibility index (Phi) is 5.16. The van der Waals surface area contributed by atoms with Gasteiger partial charge in [-0.2, -0.15) is 0 Å². The van der Waals surface area contributed by atoms with E-state index in [0.717, 1.165) is 40.3 Å². The number of hydrogen-bond acceptors (Lipinski definition) is 4. The van der Waals surface area contributed by atoms with Crippen LogP contribution in [0, 0.1) is 0 Å². The molecular formula is C21H24N4OS. The molecule has 0 radical (unpaired) electrons. The number of thioether (sulfide) groups is 1. The van der Waals surface area contributed by atoms with Gasteiger partial charge in [-0.05, 0) is 57.4 Å². The van der Waals surface area contributed by atoms with Crippen LogP contribution in [0.4, 0.5) is 0 Å². The van der Waals surface area contributed by atoms with E-state index in [1.165, 1.54) is 18.2 Å². The standard InChI is InChI=1S/C21H24N4OS/c1-14-7-5-8-15(2)25(14)19(26)13-27-21-16(9-6-12-22-21)20-23-17-10-3-4-11-18(17)24-20/h3-4,6,9-12,14-15H,5,7-8,13H2,1-2H3,(H,23,24)/t14-,15+. The maximum Gasteiger partial charge on any atom is 0.233 e. The lowest BCUT2D eigenvalue weighted by Gasteiger charge is -2.39. The first-order valence-electron chi connectivity index (χ1n) is 9.47. The van der Waals surface area contributed by atoms with Gasteiger partial charge in [0.15, 0.2) is 0 Å². The number of benzene rings is 1. The number of para-hydroxylation sites is 2. The molecule has 4 rings (SSSR count). The molecule has 1 aromatic carbocycles. The van der Waals surface area contributed by atoms with E-state index in [0.29, 0.717) is 17.8 Å². The van der Waals surface area contributed by atoms with Crippen molar-refractivity contribution >= 4 is 28.7 Å². The zero-order chi connectivity index (χ0) is 18.8. The summed E-state index contributed by atoms with van der Waals surface area (Å²) in [5.41, 5.74) is 2.87. The lowest BCUT2D eigenvalue weighted by molar-refractivity contribution is -0.134. The molecule has 0 saturated carbocycles. The Morgan fingerprint density at radius 1 is 1.19 bits per heavy atom. The third-order valence-corrected chi connectivity index (χ3v) is 6.22. The van der Waals surface area contributed by atoms with Gasteiger partial charge in [0.05, 0.1) is 16.8 Å². The largest absolute Gasteiger partial charge is 0.338 e. The van der Waals surface area contributed by atoms with Crippen molar-refractivity contribution < 1.29 is 4.79 Å². The monoisotopic (exact) mass is 380 g/mol. The summed E-state index contributed by atoms with van der Waals surface area (Å²) >= 11 is 1.50. The zero-order valence-corrected chi connectivity index (χ0v) is 16.5. The van der Waals surface area contributed by atoms with E-state index in [-0.39, 0.29) is 5.91 Å². The van der Waals surface area contributed by atoms with Crippen molar-refractivity contribution in [3.8, 4) is 11.4 Å². The predicted molar refractivity (Wildman–Crippen MR) is 110 cm³/mol. The first kappa shape index (κ1) is 18.0. The van der Waals surface area contributed by atoms with Gasteiger partial charge in [-0.3, -0.25) is 4.79 Å². The van der Waals surface area contributed by atoms with Crippen LogP contribution in [0.2, 0.25) is 0 Å². The molecule has 27 heavy (non-hydrogen) atoms. The molecule has 1 N–H and O–H groups in total. The Morgan fingerprint density at radius 3 is 2.74 bits per heavy atom. The molecule has 3 heterocycles. The summed E-state index contributed by atoms with van der Waals surface area (Å²) in [4.78, 5) is 27.4. The van der Waals surface area contributed by atoms with Gasteiger partial charge in [0.2, 0.25) is 5.91 Å². The molecule has 2 atom stereocenters. The minimum Gasteiger partial charge on any atom is -0.338 e. The molecule has 2 aromatic heterocycles. The van der Waals surface area contributed by atoms with Crippen molar-refractivity contribution in [3.05, 3.63) is 42.6 Å². The third kappa shape index (κ3) is 3.72. The molecular weight excluding hydrogens is 356 g/mol. The number of rotatable bonds is 4. The molecule has 0 spiro atoms. The zero-order valence-electron chi connectivity index (χ0n) is 15.7. The van der Waals surface area contributed by atoms with E-state index in [9.17, 15) is 4.79 Å². The molecule has 0 bridgehead atoms. The average Bonchev–Trinajstić information content (AvgIpc) is 3.10. The second kappa shape index (κ2) is 7.72. The SMILES string of the molecule is C[C@@H]1CCC[C@H](C)N1C(=O)CSc1ncccc1-c1nc2ccccc2[nH]1. The number of H-pyrrole nitrogens is 1. The summed E-state index contributed by atoms with van der Waals surface area (Å²) < 4.78 is 0. The van der Waals surface area contributed by atoms with Crippen molar-refractivity contribution in [1.29, 1.82) is 0 Å². The van der Waals surface area contributed by atoms with Crippen LogP contribution in [0.5, 0.6) is 0 Å². The van der Waals surface area contributed by atoms with Crippen LogP contribution in [0.1, 0.15) is 33.1 Å². The van der Waals surface area contributed by atoms with Crippen LogP contribution in [0.25, 0.3) is 22.4 Å². The number of nitrogens with zero attached hydrogens (tertiary/aromatic N) is 3. The smallest absolute Gasteiger partial charge is 0.233 e. The number of pyridine rings is 1. The Labute approximate surface area is 163 Å². The Balaban J connectivity index is 1.54. The minimum atomic E-state index is 0.195. The van der Waals surface area contributed by atoms with E-state index in [4.69, 9.17) is 0 Å². The van der Waals surface area contributed by atoms with E-state index in [1.807, 2.05) is 36.4 Å². The number of carbonyl (C=O) groups excluding carboxylic acids is 1. The van der Waals surface area contributed by atoms with Gasteiger partial charge in [-0.15, -0.1) is 0 Å². The summed E-state index contributed by atoms with van der Waals surface area (Å²) in [7, 11) is 0. The van der Waals surface area contributed by atoms with Crippen molar-refractivity contribution in [3.63, 3.8) is 0 Å². The van der Waals surface area contributed by atoms with Crippen molar-refractivity contribution in [2.24, 2.45) is 0 Å². The number of likely N-dealkylation sites (tertiary alicyclic amines) is 1. The van der Waals surface area contributed by atoms with Crippen LogP contribution in [-0.2, 0) is 4.79 Å². The second-order valence-electron chi connectivity index (χ2n) is 7.18. The molecule has 0 aliphatic carbocycles. The molecule has 5 nitrogen and oxygen atoms in total. The fraction of sp³-hybridized carbons (Fsp3) is 0.381. The molecule has 1 aliphatic rings. The van der Waals surface area contributed by atoms with Crippen molar-refractivity contribution in [1.82, 2.24) is 19.9 Å². The highest BCUT2D eigenvalue weighted by atomic mass is 32.2. The molecule has 1 fully saturated rings. The number of amides is 1. The molecule has 1 saturated heterocycles. The first-order chi connectivity index (χ1) is 13.1. The van der Waals surface area contributed by atoms with Crippen LogP contribution in [0.15, 0.2) is 47.6 Å². The highest BCUT2D eigenvalue weighted by Crippen LogP contribution is 2.30. The average molecular weight is 381 g/mol. The van der Waals surface area contributed by atoms with E-state index in [1.54, 1.807) is 6.20 Å². The third-order valence-electron chi connectivity index (χ3n) is 5.23. The summed E-state index contributed by atoms with van der Waals surface area (Å²) in [5, 5.41) is 0.835. The summed E-state index contributed by atoms with van der Waals surface area (Å²) in [5.74, 6) is 1.39. The minimum absolute atomic E-state index is 0.195. The quantitative estimate of drug-likeness (QED) is 0.677. The van der Waals surface area contributed by atoms with Gasteiger partial charge in [0.25, 0.3) is 0 Å². The summed E-state index contributed by atoms with van der Waals surface area (Å²) in [6.07, 6.45) is 5.16. The van der Waals surface area contributed by atoms with Crippen LogP contribution >= 0.6 is 11.8 Å². The van der Waals surface area contributed by atoms with Gasteiger partial charge in [-0.25, -0.2) is 9.97 Å². The lowest BCUT2D eigenvalue weighted by atomic mass is 9.98. The van der Waals surface area contributed by atoms with E-state index >= 15 is 0 Å². The van der Waals surface area contributed by atoms with Gasteiger partial charge in [0.1, 0.15) is 10.9 Å². The number of aromatic nitrogens is 3. The van der Waals surface area contributed by atoms with Gasteiger partial charge < -0.3 is 9.88 Å². The van der Waals surface area contributed by atoms with E-state index in [2.05, 4.69) is 33.7 Å². The van der Waals surface area contributed by atoms with Gasteiger partial charge in [0, 0.05) is 23.8 Å². The van der Waals surface area contributed by atoms with Crippen LogP contribution < -0.4 is 0 Å². The number of hydrogen-bond donors (Lipinski definition) is 1. The number of aromatic amines is 1. The Hall–Kier alpha value is -2.34. The highest BCUT2D eigenvalue weighted by molar-refractivity contribution is 8.00. The van der Waals surface area contributed by atoms with Crippen LogP contribution in [0.3, 0.4) is 0 Å². The Bertz CT molecular complexity index is 911. The molecule has 3 aromatic rings. The Morgan fingerprint density at radius 2 is 1.96 bits per heavy atom. The van der Waals surface area contributed by atoms with E-state index < -0.39 is 0 Å². The number of fused-ring (bicyclic) bond motifs is 1. The molecule has 0 unspecified atom stereocenters. The van der Waals surface area contributed by atoms with Crippen molar-refractivity contribution in [2.75, 3.05) is 5.75 Å². The number of imidazole rings is 1. The van der Waals surface area contributed by atoms with Gasteiger partial charge in [-0.1, -0.05) is 23.9 Å². The number of piperidine rings is 1. The second-order valence-corrected chi connectivity index (χ2v) is 8.14. The topological polar surface area (TPSA) is 61.9 Å². The highest BCUT2D eigenvalue weighted by Gasteiger charge is 2.28. The fourth-order valence-corrected chi connectivity index (χ4v) is 4.75. The van der Waals surface area contributed by atoms with Crippen molar-refractivity contribution in [2.45, 2.75) is 50.2 Å². The molecule has 140 valence electrons. The molecule has 6 heteroatoms. The first-order valence-corrected chi connectivity index (χ1v) is 10.5. The maximum atomic E-state index is 12.8. The summed E-state index contributed by atoms with van der Waals surface area (Å²) in [6.45, 7) is 4.30. The van der Waals surface area contributed by atoms with Crippen LogP contribution in [-0.4, -0.2) is 43.6 Å². The fourth-order valence-electron chi connectivity index (χ4n) is 3.88.